The molecule has 6 nitrogen and oxygen atoms in total. The van der Waals surface area contributed by atoms with E-state index < -0.39 is 0 Å². The number of hydrogen-bond acceptors (Lipinski definition) is 4. The van der Waals surface area contributed by atoms with Crippen LogP contribution in [0, 0.1) is 6.92 Å². The number of benzene rings is 2. The average Bonchev–Trinajstić information content (AvgIpc) is 3.06. The number of carbonyl (C=O) groups excluding carboxylic acids is 1. The highest BCUT2D eigenvalue weighted by Crippen LogP contribution is 2.36. The summed E-state index contributed by atoms with van der Waals surface area (Å²) in [6.07, 6.45) is 3.47. The summed E-state index contributed by atoms with van der Waals surface area (Å²) in [6.45, 7) is 1.97. The first kappa shape index (κ1) is 17.7. The molecule has 0 saturated heterocycles. The normalized spacial score (nSPS) is 13.9. The third kappa shape index (κ3) is 4.03. The minimum absolute atomic E-state index is 0.295. The summed E-state index contributed by atoms with van der Waals surface area (Å²) in [6, 6.07) is 12.7. The second-order valence-electron chi connectivity index (χ2n) is 6.70. The number of aromatic nitrogens is 2. The zero-order valence-corrected chi connectivity index (χ0v) is 16.4. The Morgan fingerprint density at radius 2 is 1.81 bits per heavy atom. The van der Waals surface area contributed by atoms with Crippen molar-refractivity contribution in [2.45, 2.75) is 32.1 Å². The molecular weight excluding hydrogens is 408 g/mol. The van der Waals surface area contributed by atoms with Crippen LogP contribution in [0.3, 0.4) is 0 Å². The van der Waals surface area contributed by atoms with Gasteiger partial charge in [0.1, 0.15) is 0 Å². The lowest BCUT2D eigenvalue weighted by Gasteiger charge is -2.20. The van der Waals surface area contributed by atoms with E-state index in [-0.39, 0.29) is 6.03 Å². The highest BCUT2D eigenvalue weighted by Gasteiger charge is 2.25. The maximum atomic E-state index is 12.2. The van der Waals surface area contributed by atoms with Crippen molar-refractivity contribution in [3.8, 4) is 11.4 Å². The van der Waals surface area contributed by atoms with Crippen molar-refractivity contribution in [2.75, 3.05) is 10.6 Å². The summed E-state index contributed by atoms with van der Waals surface area (Å²) < 4.78 is 6.36. The number of anilines is 2. The van der Waals surface area contributed by atoms with Gasteiger partial charge in [0.2, 0.25) is 11.7 Å². The smallest absolute Gasteiger partial charge is 0.323 e. The van der Waals surface area contributed by atoms with Crippen LogP contribution in [-0.4, -0.2) is 16.2 Å². The molecule has 138 valence electrons. The Kier molecular flexibility index (Phi) is 4.94. The number of nitrogens with one attached hydrogen (secondary N) is 2. The van der Waals surface area contributed by atoms with Gasteiger partial charge < -0.3 is 15.2 Å². The van der Waals surface area contributed by atoms with Crippen LogP contribution in [0.1, 0.15) is 36.6 Å². The van der Waals surface area contributed by atoms with E-state index >= 15 is 0 Å². The summed E-state index contributed by atoms with van der Waals surface area (Å²) in [7, 11) is 0. The molecule has 1 heterocycles. The number of rotatable bonds is 4. The SMILES string of the molecule is Cc1cc(NC(=O)Nc2ccc(-c3noc(C4CCC4)n3)cc2)ccc1Br. The number of halogens is 1. The molecule has 0 spiro atoms. The average molecular weight is 427 g/mol. The molecule has 1 aliphatic rings. The number of aryl methyl sites for hydroxylation is 1. The van der Waals surface area contributed by atoms with E-state index in [4.69, 9.17) is 4.52 Å². The quantitative estimate of drug-likeness (QED) is 0.558. The van der Waals surface area contributed by atoms with Crippen LogP contribution in [-0.2, 0) is 0 Å². The number of carbonyl (C=O) groups is 1. The van der Waals surface area contributed by atoms with Crippen molar-refractivity contribution in [3.63, 3.8) is 0 Å². The van der Waals surface area contributed by atoms with Gasteiger partial charge in [0, 0.05) is 27.3 Å². The molecule has 0 bridgehead atoms. The summed E-state index contributed by atoms with van der Waals surface area (Å²) >= 11 is 3.45. The van der Waals surface area contributed by atoms with Crippen LogP contribution in [0.4, 0.5) is 16.2 Å². The highest BCUT2D eigenvalue weighted by molar-refractivity contribution is 9.10. The van der Waals surface area contributed by atoms with Gasteiger partial charge in [-0.3, -0.25) is 0 Å². The van der Waals surface area contributed by atoms with Gasteiger partial charge in [0.15, 0.2) is 0 Å². The molecule has 1 aliphatic carbocycles. The van der Waals surface area contributed by atoms with Crippen LogP contribution in [0.2, 0.25) is 0 Å². The van der Waals surface area contributed by atoms with Crippen molar-refractivity contribution in [3.05, 3.63) is 58.4 Å². The van der Waals surface area contributed by atoms with Gasteiger partial charge >= 0.3 is 6.03 Å². The van der Waals surface area contributed by atoms with Crippen molar-refractivity contribution < 1.29 is 9.32 Å². The first-order valence-corrected chi connectivity index (χ1v) is 9.66. The molecule has 0 aliphatic heterocycles. The molecule has 7 heteroatoms. The van der Waals surface area contributed by atoms with E-state index in [9.17, 15) is 4.79 Å². The molecule has 27 heavy (non-hydrogen) atoms. The van der Waals surface area contributed by atoms with Crippen molar-refractivity contribution in [1.29, 1.82) is 0 Å². The predicted octanol–water partition coefficient (Wildman–Crippen LogP) is 5.72. The van der Waals surface area contributed by atoms with E-state index in [0.717, 1.165) is 40.0 Å². The van der Waals surface area contributed by atoms with Gasteiger partial charge in [-0.2, -0.15) is 4.98 Å². The molecule has 0 radical (unpaired) electrons. The fourth-order valence-corrected chi connectivity index (χ4v) is 3.14. The molecule has 1 fully saturated rings. The van der Waals surface area contributed by atoms with Crippen molar-refractivity contribution in [1.82, 2.24) is 10.1 Å². The number of urea groups is 1. The van der Waals surface area contributed by atoms with Crippen molar-refractivity contribution in [2.24, 2.45) is 0 Å². The van der Waals surface area contributed by atoms with E-state index in [1.165, 1.54) is 6.42 Å². The Bertz CT molecular complexity index is 964. The van der Waals surface area contributed by atoms with Crippen molar-refractivity contribution >= 4 is 33.3 Å². The molecule has 3 aromatic rings. The number of amides is 2. The van der Waals surface area contributed by atoms with Crippen LogP contribution < -0.4 is 10.6 Å². The van der Waals surface area contributed by atoms with Crippen LogP contribution >= 0.6 is 15.9 Å². The lowest BCUT2D eigenvalue weighted by Crippen LogP contribution is -2.19. The third-order valence-corrected chi connectivity index (χ3v) is 5.60. The molecule has 2 N–H and O–H groups in total. The lowest BCUT2D eigenvalue weighted by atomic mass is 9.85. The maximum absolute atomic E-state index is 12.2. The first-order chi connectivity index (χ1) is 13.1. The summed E-state index contributed by atoms with van der Waals surface area (Å²) in [5.74, 6) is 1.72. The fraction of sp³-hybridized carbons (Fsp3) is 0.250. The Labute approximate surface area is 165 Å². The number of hydrogen-bond donors (Lipinski definition) is 2. The monoisotopic (exact) mass is 426 g/mol. The van der Waals surface area contributed by atoms with E-state index in [0.29, 0.717) is 17.4 Å². The minimum atomic E-state index is -0.295. The predicted molar refractivity (Wildman–Crippen MR) is 108 cm³/mol. The minimum Gasteiger partial charge on any atom is -0.339 e. The van der Waals surface area contributed by atoms with E-state index in [1.807, 2.05) is 49.4 Å². The maximum Gasteiger partial charge on any atom is 0.323 e. The Morgan fingerprint density at radius 1 is 1.11 bits per heavy atom. The van der Waals surface area contributed by atoms with Crippen LogP contribution in [0.25, 0.3) is 11.4 Å². The summed E-state index contributed by atoms with van der Waals surface area (Å²) in [5, 5.41) is 9.70. The second kappa shape index (κ2) is 7.52. The Hall–Kier alpha value is -2.67. The zero-order valence-electron chi connectivity index (χ0n) is 14.8. The van der Waals surface area contributed by atoms with Gasteiger partial charge in [-0.25, -0.2) is 4.79 Å². The molecule has 1 saturated carbocycles. The largest absolute Gasteiger partial charge is 0.339 e. The summed E-state index contributed by atoms with van der Waals surface area (Å²) in [4.78, 5) is 16.7. The molecule has 2 amide bonds. The van der Waals surface area contributed by atoms with Gasteiger partial charge in [-0.1, -0.05) is 27.5 Å². The van der Waals surface area contributed by atoms with Gasteiger partial charge in [0.05, 0.1) is 0 Å². The van der Waals surface area contributed by atoms with Gasteiger partial charge in [-0.05, 0) is 67.8 Å². The molecule has 1 aromatic heterocycles. The van der Waals surface area contributed by atoms with Crippen LogP contribution in [0.15, 0.2) is 51.5 Å². The molecular formula is C20H19BrN4O2. The summed E-state index contributed by atoms with van der Waals surface area (Å²) in [5.41, 5.74) is 3.34. The lowest BCUT2D eigenvalue weighted by molar-refractivity contribution is 0.262. The molecule has 0 atom stereocenters. The van der Waals surface area contributed by atoms with E-state index in [1.54, 1.807) is 0 Å². The number of nitrogens with zero attached hydrogens (tertiary/aromatic N) is 2. The third-order valence-electron chi connectivity index (χ3n) is 4.71. The topological polar surface area (TPSA) is 80.0 Å². The Morgan fingerprint density at radius 3 is 2.48 bits per heavy atom. The Balaban J connectivity index is 1.39. The molecule has 2 aromatic carbocycles. The molecule has 4 rings (SSSR count). The van der Waals surface area contributed by atoms with Gasteiger partial charge in [0.25, 0.3) is 0 Å². The van der Waals surface area contributed by atoms with Crippen LogP contribution in [0.5, 0.6) is 0 Å². The highest BCUT2D eigenvalue weighted by atomic mass is 79.9. The fourth-order valence-electron chi connectivity index (χ4n) is 2.89. The van der Waals surface area contributed by atoms with E-state index in [2.05, 4.69) is 36.7 Å². The first-order valence-electron chi connectivity index (χ1n) is 8.87. The van der Waals surface area contributed by atoms with Gasteiger partial charge in [-0.15, -0.1) is 0 Å². The standard InChI is InChI=1S/C20H19BrN4O2/c1-12-11-16(9-10-17(12)21)23-20(26)22-15-7-5-13(6-8-15)18-24-19(27-25-18)14-3-2-4-14/h5-11,14H,2-4H2,1H3,(H2,22,23,26). The molecule has 0 unspecified atom stereocenters. The zero-order chi connectivity index (χ0) is 18.8. The second-order valence-corrected chi connectivity index (χ2v) is 7.56.